The van der Waals surface area contributed by atoms with Crippen molar-refractivity contribution in [1.82, 2.24) is 14.7 Å². The highest BCUT2D eigenvalue weighted by Gasteiger charge is 2.29. The van der Waals surface area contributed by atoms with Gasteiger partial charge in [0.05, 0.1) is 5.69 Å². The Morgan fingerprint density at radius 1 is 1.35 bits per heavy atom. The summed E-state index contributed by atoms with van der Waals surface area (Å²) in [7, 11) is 0. The second kappa shape index (κ2) is 6.72. The maximum absolute atomic E-state index is 5.80. The minimum Gasteiger partial charge on any atom is -0.330 e. The van der Waals surface area contributed by atoms with E-state index in [2.05, 4.69) is 42.4 Å². The normalized spacial score (nSPS) is 22.1. The molecule has 2 unspecified atom stereocenters. The lowest BCUT2D eigenvalue weighted by Crippen LogP contribution is -2.42. The van der Waals surface area contributed by atoms with Gasteiger partial charge in [-0.3, -0.25) is 9.58 Å². The van der Waals surface area contributed by atoms with E-state index in [1.54, 1.807) is 0 Å². The van der Waals surface area contributed by atoms with Gasteiger partial charge in [0.2, 0.25) is 0 Å². The third-order valence-corrected chi connectivity index (χ3v) is 4.82. The van der Waals surface area contributed by atoms with Crippen LogP contribution in [0.5, 0.6) is 0 Å². The van der Waals surface area contributed by atoms with E-state index in [1.165, 1.54) is 42.8 Å². The van der Waals surface area contributed by atoms with Crippen LogP contribution in [0.1, 0.15) is 62.5 Å². The number of hydrogen-bond acceptors (Lipinski definition) is 3. The second-order valence-electron chi connectivity index (χ2n) is 6.04. The van der Waals surface area contributed by atoms with Crippen LogP contribution >= 0.6 is 0 Å². The van der Waals surface area contributed by atoms with Crippen molar-refractivity contribution in [3.05, 3.63) is 17.0 Å². The van der Waals surface area contributed by atoms with E-state index in [1.807, 2.05) is 0 Å². The van der Waals surface area contributed by atoms with Crippen LogP contribution in [0.15, 0.2) is 0 Å². The molecule has 2 atom stereocenters. The largest absolute Gasteiger partial charge is 0.330 e. The molecule has 2 heterocycles. The third-order valence-electron chi connectivity index (χ3n) is 4.82. The maximum atomic E-state index is 5.80. The zero-order valence-electron chi connectivity index (χ0n) is 13.5. The Balaban J connectivity index is 2.24. The Hall–Kier alpha value is -0.870. The van der Waals surface area contributed by atoms with Gasteiger partial charge in [0.15, 0.2) is 0 Å². The van der Waals surface area contributed by atoms with Crippen LogP contribution < -0.4 is 5.73 Å². The number of likely N-dealkylation sites (tertiary alicyclic amines) is 1. The van der Waals surface area contributed by atoms with Crippen LogP contribution in [-0.4, -0.2) is 33.8 Å². The summed E-state index contributed by atoms with van der Waals surface area (Å²) >= 11 is 0. The SMILES string of the molecule is CCn1nc(C)c(C(C)N2CCCCC2CCN)c1C. The van der Waals surface area contributed by atoms with E-state index in [9.17, 15) is 0 Å². The molecular formula is C16H30N4. The molecule has 1 aliphatic rings. The molecule has 0 aromatic carbocycles. The highest BCUT2D eigenvalue weighted by Crippen LogP contribution is 2.32. The fourth-order valence-corrected chi connectivity index (χ4v) is 3.82. The number of hydrogen-bond donors (Lipinski definition) is 1. The molecule has 1 saturated heterocycles. The number of piperidine rings is 1. The van der Waals surface area contributed by atoms with Crippen LogP contribution in [0, 0.1) is 13.8 Å². The molecule has 0 bridgehead atoms. The van der Waals surface area contributed by atoms with Crippen molar-refractivity contribution in [2.75, 3.05) is 13.1 Å². The van der Waals surface area contributed by atoms with Crippen LogP contribution in [0.3, 0.4) is 0 Å². The van der Waals surface area contributed by atoms with Crippen LogP contribution in [0.25, 0.3) is 0 Å². The number of aryl methyl sites for hydroxylation is 2. The maximum Gasteiger partial charge on any atom is 0.0644 e. The molecule has 1 aliphatic heterocycles. The fourth-order valence-electron chi connectivity index (χ4n) is 3.82. The van der Waals surface area contributed by atoms with E-state index in [0.29, 0.717) is 12.1 Å². The summed E-state index contributed by atoms with van der Waals surface area (Å²) in [4.78, 5) is 2.66. The Bertz CT molecular complexity index is 436. The molecule has 0 saturated carbocycles. The predicted octanol–water partition coefficient (Wildman–Crippen LogP) is 2.78. The lowest BCUT2D eigenvalue weighted by Gasteiger charge is -2.40. The summed E-state index contributed by atoms with van der Waals surface area (Å²) < 4.78 is 2.13. The summed E-state index contributed by atoms with van der Waals surface area (Å²) in [6.07, 6.45) is 5.07. The van der Waals surface area contributed by atoms with Gasteiger partial charge in [-0.05, 0) is 60.0 Å². The molecule has 2 rings (SSSR count). The zero-order valence-corrected chi connectivity index (χ0v) is 13.5. The van der Waals surface area contributed by atoms with E-state index < -0.39 is 0 Å². The Labute approximate surface area is 123 Å². The minimum atomic E-state index is 0.451. The molecule has 20 heavy (non-hydrogen) atoms. The average Bonchev–Trinajstić information content (AvgIpc) is 2.73. The summed E-state index contributed by atoms with van der Waals surface area (Å²) in [6.45, 7) is 11.8. The average molecular weight is 278 g/mol. The van der Waals surface area contributed by atoms with Crippen molar-refractivity contribution in [3.63, 3.8) is 0 Å². The highest BCUT2D eigenvalue weighted by atomic mass is 15.3. The van der Waals surface area contributed by atoms with Gasteiger partial charge in [-0.15, -0.1) is 0 Å². The topological polar surface area (TPSA) is 47.1 Å². The number of nitrogens with zero attached hydrogens (tertiary/aromatic N) is 3. The molecule has 0 aliphatic carbocycles. The van der Waals surface area contributed by atoms with E-state index in [0.717, 1.165) is 19.5 Å². The zero-order chi connectivity index (χ0) is 14.7. The smallest absolute Gasteiger partial charge is 0.0644 e. The molecule has 1 fully saturated rings. The van der Waals surface area contributed by atoms with Crippen molar-refractivity contribution in [2.24, 2.45) is 5.73 Å². The van der Waals surface area contributed by atoms with E-state index >= 15 is 0 Å². The second-order valence-corrected chi connectivity index (χ2v) is 6.04. The van der Waals surface area contributed by atoms with Crippen molar-refractivity contribution >= 4 is 0 Å². The van der Waals surface area contributed by atoms with Gasteiger partial charge in [-0.1, -0.05) is 6.42 Å². The fraction of sp³-hybridized carbons (Fsp3) is 0.812. The van der Waals surface area contributed by atoms with Crippen molar-refractivity contribution < 1.29 is 0 Å². The van der Waals surface area contributed by atoms with E-state index in [4.69, 9.17) is 5.73 Å². The molecule has 4 heteroatoms. The van der Waals surface area contributed by atoms with Gasteiger partial charge in [0, 0.05) is 29.9 Å². The molecular weight excluding hydrogens is 248 g/mol. The molecule has 0 amide bonds. The predicted molar refractivity (Wildman–Crippen MR) is 83.8 cm³/mol. The first-order chi connectivity index (χ1) is 9.60. The van der Waals surface area contributed by atoms with Gasteiger partial charge in [-0.2, -0.15) is 5.10 Å². The van der Waals surface area contributed by atoms with Crippen LogP contribution in [0.4, 0.5) is 0 Å². The lowest BCUT2D eigenvalue weighted by molar-refractivity contribution is 0.0977. The van der Waals surface area contributed by atoms with Gasteiger partial charge in [0.25, 0.3) is 0 Å². The summed E-state index contributed by atoms with van der Waals surface area (Å²) in [5.41, 5.74) is 9.75. The molecule has 2 N–H and O–H groups in total. The van der Waals surface area contributed by atoms with Crippen LogP contribution in [0.2, 0.25) is 0 Å². The molecule has 114 valence electrons. The first kappa shape index (κ1) is 15.5. The summed E-state index contributed by atoms with van der Waals surface area (Å²) in [6, 6.07) is 1.10. The van der Waals surface area contributed by atoms with Gasteiger partial charge in [-0.25, -0.2) is 0 Å². The Morgan fingerprint density at radius 2 is 2.10 bits per heavy atom. The first-order valence-electron chi connectivity index (χ1n) is 8.09. The van der Waals surface area contributed by atoms with Crippen molar-refractivity contribution in [2.45, 2.75) is 72.0 Å². The first-order valence-corrected chi connectivity index (χ1v) is 8.09. The standard InChI is InChI=1S/C16H30N4/c1-5-20-14(4)16(12(2)18-20)13(3)19-11-7-6-8-15(19)9-10-17/h13,15H,5-11,17H2,1-4H3. The molecule has 1 aromatic heterocycles. The molecule has 1 aromatic rings. The third kappa shape index (κ3) is 2.91. The molecule has 4 nitrogen and oxygen atoms in total. The highest BCUT2D eigenvalue weighted by molar-refractivity contribution is 5.28. The monoisotopic (exact) mass is 278 g/mol. The number of nitrogens with two attached hydrogens (primary N) is 1. The minimum absolute atomic E-state index is 0.451. The van der Waals surface area contributed by atoms with Gasteiger partial charge < -0.3 is 5.73 Å². The number of aromatic nitrogens is 2. The lowest BCUT2D eigenvalue weighted by atomic mass is 9.94. The summed E-state index contributed by atoms with van der Waals surface area (Å²) in [5, 5.41) is 4.68. The molecule has 0 radical (unpaired) electrons. The van der Waals surface area contributed by atoms with Gasteiger partial charge >= 0.3 is 0 Å². The quantitative estimate of drug-likeness (QED) is 0.901. The Kier molecular flexibility index (Phi) is 5.22. The van der Waals surface area contributed by atoms with Crippen LogP contribution in [-0.2, 0) is 6.54 Å². The van der Waals surface area contributed by atoms with Crippen molar-refractivity contribution in [3.8, 4) is 0 Å². The Morgan fingerprint density at radius 3 is 2.70 bits per heavy atom. The summed E-state index contributed by atoms with van der Waals surface area (Å²) in [5.74, 6) is 0. The van der Waals surface area contributed by atoms with E-state index in [-0.39, 0.29) is 0 Å². The number of rotatable bonds is 5. The van der Waals surface area contributed by atoms with Crippen molar-refractivity contribution in [1.29, 1.82) is 0 Å². The van der Waals surface area contributed by atoms with Gasteiger partial charge in [0.1, 0.15) is 0 Å². The molecule has 0 spiro atoms.